The maximum atomic E-state index is 11.6. The number of carbonyl (C=O) groups is 2. The Hall–Kier alpha value is -1.72. The lowest BCUT2D eigenvalue weighted by atomic mass is 10.1. The van der Waals surface area contributed by atoms with Gasteiger partial charge in [-0.1, -0.05) is 18.2 Å². The van der Waals surface area contributed by atoms with Crippen LogP contribution in [0.1, 0.15) is 31.6 Å². The molecule has 5 heteroatoms. The summed E-state index contributed by atoms with van der Waals surface area (Å²) in [7, 11) is 0. The summed E-state index contributed by atoms with van der Waals surface area (Å²) >= 11 is 1.62. The third-order valence-corrected chi connectivity index (χ3v) is 4.77. The van der Waals surface area contributed by atoms with E-state index in [2.05, 4.69) is 0 Å². The molecule has 0 N–H and O–H groups in total. The van der Waals surface area contributed by atoms with Crippen LogP contribution in [0.4, 0.5) is 0 Å². The molecule has 0 radical (unpaired) electrons. The molecule has 2 aromatic rings. The van der Waals surface area contributed by atoms with E-state index in [-0.39, 0.29) is 24.7 Å². The summed E-state index contributed by atoms with van der Waals surface area (Å²) in [5, 5.41) is 2.06. The highest BCUT2D eigenvalue weighted by Gasteiger charge is 2.36. The number of thiophene rings is 1. The van der Waals surface area contributed by atoms with Gasteiger partial charge in [-0.3, -0.25) is 14.4 Å². The number of benzene rings is 1. The fourth-order valence-electron chi connectivity index (χ4n) is 2.21. The van der Waals surface area contributed by atoms with Crippen molar-refractivity contribution in [1.29, 1.82) is 0 Å². The summed E-state index contributed by atoms with van der Waals surface area (Å²) in [6.45, 7) is 3.74. The molecule has 0 spiro atoms. The summed E-state index contributed by atoms with van der Waals surface area (Å²) in [4.78, 5) is 30.0. The minimum atomic E-state index is -0.709. The van der Waals surface area contributed by atoms with Crippen molar-refractivity contribution in [2.24, 2.45) is 0 Å². The largest absolute Gasteiger partial charge is 0.272 e. The summed E-state index contributed by atoms with van der Waals surface area (Å²) in [5.41, 5.74) is -0.709. The summed E-state index contributed by atoms with van der Waals surface area (Å²) < 4.78 is 1.17. The van der Waals surface area contributed by atoms with Gasteiger partial charge in [0.05, 0.1) is 0 Å². The number of hydroxylamine groups is 2. The van der Waals surface area contributed by atoms with E-state index < -0.39 is 5.60 Å². The van der Waals surface area contributed by atoms with Crippen molar-refractivity contribution in [2.45, 2.75) is 32.3 Å². The number of nitrogens with zero attached hydrogens (tertiary/aromatic N) is 1. The van der Waals surface area contributed by atoms with E-state index in [4.69, 9.17) is 4.84 Å². The Labute approximate surface area is 120 Å². The van der Waals surface area contributed by atoms with E-state index in [0.29, 0.717) is 0 Å². The predicted octanol–water partition coefficient (Wildman–Crippen LogP) is 3.22. The molecule has 0 bridgehead atoms. The monoisotopic (exact) mass is 289 g/mol. The van der Waals surface area contributed by atoms with E-state index in [0.717, 1.165) is 15.3 Å². The lowest BCUT2D eigenvalue weighted by molar-refractivity contribution is -0.225. The molecule has 104 valence electrons. The molecule has 20 heavy (non-hydrogen) atoms. The molecule has 2 heterocycles. The van der Waals surface area contributed by atoms with Crippen LogP contribution in [-0.4, -0.2) is 16.9 Å². The van der Waals surface area contributed by atoms with Crippen molar-refractivity contribution in [3.63, 3.8) is 0 Å². The zero-order valence-electron chi connectivity index (χ0n) is 11.4. The van der Waals surface area contributed by atoms with Crippen LogP contribution in [0.3, 0.4) is 0 Å². The number of carbonyl (C=O) groups excluding carboxylic acids is 2. The van der Waals surface area contributed by atoms with E-state index in [1.807, 2.05) is 44.2 Å². The van der Waals surface area contributed by atoms with Gasteiger partial charge in [0.1, 0.15) is 5.60 Å². The maximum Gasteiger partial charge on any atom is 0.254 e. The number of imide groups is 1. The second-order valence-electron chi connectivity index (χ2n) is 5.33. The fraction of sp³-hybridized carbons (Fsp3) is 0.333. The van der Waals surface area contributed by atoms with Crippen LogP contribution in [0.25, 0.3) is 10.1 Å². The number of fused-ring (bicyclic) bond motifs is 1. The van der Waals surface area contributed by atoms with Gasteiger partial charge in [-0.25, -0.2) is 0 Å². The van der Waals surface area contributed by atoms with Crippen LogP contribution >= 0.6 is 11.3 Å². The summed E-state index contributed by atoms with van der Waals surface area (Å²) in [6, 6.07) is 10.1. The fourth-order valence-corrected chi connectivity index (χ4v) is 3.31. The number of hydrogen-bond acceptors (Lipinski definition) is 4. The second kappa shape index (κ2) is 4.68. The molecule has 1 aromatic heterocycles. The molecule has 4 nitrogen and oxygen atoms in total. The molecule has 2 amide bonds. The Morgan fingerprint density at radius 3 is 2.45 bits per heavy atom. The maximum absolute atomic E-state index is 11.6. The Morgan fingerprint density at radius 2 is 1.80 bits per heavy atom. The van der Waals surface area contributed by atoms with Crippen LogP contribution in [0.5, 0.6) is 0 Å². The van der Waals surface area contributed by atoms with Gasteiger partial charge in [0, 0.05) is 22.4 Å². The van der Waals surface area contributed by atoms with E-state index in [1.165, 1.54) is 4.70 Å². The minimum absolute atomic E-state index is 0.237. The number of rotatable bonds is 3. The highest BCUT2D eigenvalue weighted by Crippen LogP contribution is 2.36. The average Bonchev–Trinajstić information content (AvgIpc) is 2.97. The lowest BCUT2D eigenvalue weighted by Gasteiger charge is -2.27. The molecule has 0 saturated carbocycles. The Balaban J connectivity index is 1.90. The molecule has 1 aromatic carbocycles. The first kappa shape index (κ1) is 13.3. The van der Waals surface area contributed by atoms with Crippen molar-refractivity contribution in [1.82, 2.24) is 5.06 Å². The summed E-state index contributed by atoms with van der Waals surface area (Å²) in [6.07, 6.45) is 0.475. The van der Waals surface area contributed by atoms with Crippen molar-refractivity contribution < 1.29 is 14.4 Å². The molecular formula is C15H15NO3S. The summed E-state index contributed by atoms with van der Waals surface area (Å²) in [5.74, 6) is -0.520. The van der Waals surface area contributed by atoms with Crippen LogP contribution in [-0.2, 0) is 20.0 Å². The topological polar surface area (TPSA) is 46.6 Å². The zero-order valence-corrected chi connectivity index (χ0v) is 12.2. The lowest BCUT2D eigenvalue weighted by Crippen LogP contribution is -2.37. The van der Waals surface area contributed by atoms with Gasteiger partial charge in [-0.05, 0) is 31.4 Å². The van der Waals surface area contributed by atoms with Crippen molar-refractivity contribution in [3.8, 4) is 0 Å². The van der Waals surface area contributed by atoms with Crippen molar-refractivity contribution in [3.05, 3.63) is 35.2 Å². The molecule has 0 unspecified atom stereocenters. The first-order valence-electron chi connectivity index (χ1n) is 6.51. The predicted molar refractivity (Wildman–Crippen MR) is 77.0 cm³/mol. The van der Waals surface area contributed by atoms with Crippen molar-refractivity contribution in [2.75, 3.05) is 0 Å². The Morgan fingerprint density at radius 1 is 1.15 bits per heavy atom. The molecule has 3 rings (SSSR count). The first-order chi connectivity index (χ1) is 9.47. The average molecular weight is 289 g/mol. The van der Waals surface area contributed by atoms with Gasteiger partial charge in [-0.15, -0.1) is 11.3 Å². The Bertz CT molecular complexity index is 640. The van der Waals surface area contributed by atoms with E-state index in [9.17, 15) is 9.59 Å². The van der Waals surface area contributed by atoms with Crippen LogP contribution < -0.4 is 0 Å². The van der Waals surface area contributed by atoms with Gasteiger partial charge in [0.15, 0.2) is 0 Å². The van der Waals surface area contributed by atoms with E-state index >= 15 is 0 Å². The van der Waals surface area contributed by atoms with Gasteiger partial charge in [-0.2, -0.15) is 5.06 Å². The van der Waals surface area contributed by atoms with Crippen molar-refractivity contribution >= 4 is 33.2 Å². The van der Waals surface area contributed by atoms with Crippen LogP contribution in [0.2, 0.25) is 0 Å². The Kier molecular flexibility index (Phi) is 3.11. The third-order valence-electron chi connectivity index (χ3n) is 3.34. The van der Waals surface area contributed by atoms with Gasteiger partial charge in [0.25, 0.3) is 11.8 Å². The first-order valence-corrected chi connectivity index (χ1v) is 7.33. The van der Waals surface area contributed by atoms with Crippen LogP contribution in [0.15, 0.2) is 30.3 Å². The molecule has 0 aliphatic carbocycles. The minimum Gasteiger partial charge on any atom is -0.272 e. The molecular weight excluding hydrogens is 274 g/mol. The normalized spacial score (nSPS) is 16.4. The number of amides is 2. The molecule has 1 aliphatic rings. The third kappa shape index (κ3) is 2.23. The molecule has 0 atom stereocenters. The zero-order chi connectivity index (χ0) is 14.3. The smallest absolute Gasteiger partial charge is 0.254 e. The molecule has 1 aliphatic heterocycles. The standard InChI is InChI=1S/C15H15NO3S/c1-15(2,19-16-13(17)7-8-14(16)18)12-9-10-5-3-4-6-11(10)20-12/h3-6,9H,7-8H2,1-2H3. The molecule has 1 fully saturated rings. The highest BCUT2D eigenvalue weighted by molar-refractivity contribution is 7.19. The quantitative estimate of drug-likeness (QED) is 0.815. The molecule has 1 saturated heterocycles. The second-order valence-corrected chi connectivity index (χ2v) is 6.42. The van der Waals surface area contributed by atoms with Crippen LogP contribution in [0, 0.1) is 0 Å². The highest BCUT2D eigenvalue weighted by atomic mass is 32.1. The van der Waals surface area contributed by atoms with Gasteiger partial charge >= 0.3 is 0 Å². The van der Waals surface area contributed by atoms with E-state index in [1.54, 1.807) is 11.3 Å². The number of hydrogen-bond donors (Lipinski definition) is 0. The SMILES string of the molecule is CC(C)(ON1C(=O)CCC1=O)c1cc2ccccc2s1. The van der Waals surface area contributed by atoms with Gasteiger partial charge in [0.2, 0.25) is 0 Å². The van der Waals surface area contributed by atoms with Gasteiger partial charge < -0.3 is 0 Å².